The van der Waals surface area contributed by atoms with Crippen molar-refractivity contribution in [2.75, 3.05) is 20.0 Å². The topological polar surface area (TPSA) is 111 Å². The molecule has 1 atom stereocenters. The van der Waals surface area contributed by atoms with Gasteiger partial charge in [-0.25, -0.2) is 13.6 Å². The lowest BCUT2D eigenvalue weighted by molar-refractivity contribution is -0.127. The van der Waals surface area contributed by atoms with Crippen LogP contribution in [0.3, 0.4) is 0 Å². The fraction of sp³-hybridized carbons (Fsp3) is 0.276. The Morgan fingerprint density at radius 3 is 2.27 bits per heavy atom. The summed E-state index contributed by atoms with van der Waals surface area (Å²) in [5, 5.41) is 2.78. The van der Waals surface area contributed by atoms with Crippen LogP contribution in [0.2, 0.25) is 5.02 Å². The number of ether oxygens (including phenoxy) is 2. The maximum atomic E-state index is 15.6. The summed E-state index contributed by atoms with van der Waals surface area (Å²) in [4.78, 5) is 41.5. The standard InChI is InChI=1S/C29H29BrClF2N3O5/c1-29(2,3)35-26(37)25(18-12-16(32)8-11-21(18)31)36(14-15-6-9-17(40-4)10-7-15)27(38)22-23(33)20(30)13-19(24(22)34)28(39)41-5/h6-13,25H,14,34H2,1-5H3,(H,35,37). The highest BCUT2D eigenvalue weighted by Gasteiger charge is 2.38. The Labute approximate surface area is 249 Å². The molecule has 218 valence electrons. The zero-order valence-electron chi connectivity index (χ0n) is 23.0. The van der Waals surface area contributed by atoms with Crippen LogP contribution in [-0.2, 0) is 16.1 Å². The summed E-state index contributed by atoms with van der Waals surface area (Å²) in [6.45, 7) is 4.90. The fourth-order valence-electron chi connectivity index (χ4n) is 4.09. The van der Waals surface area contributed by atoms with Gasteiger partial charge in [-0.15, -0.1) is 0 Å². The first-order valence-corrected chi connectivity index (χ1v) is 13.4. The Morgan fingerprint density at radius 1 is 1.07 bits per heavy atom. The van der Waals surface area contributed by atoms with E-state index >= 15 is 4.39 Å². The number of nitrogens with two attached hydrogens (primary N) is 1. The van der Waals surface area contributed by atoms with Gasteiger partial charge in [0.1, 0.15) is 23.2 Å². The van der Waals surface area contributed by atoms with Crippen molar-refractivity contribution in [1.29, 1.82) is 0 Å². The molecule has 3 aromatic rings. The highest BCUT2D eigenvalue weighted by molar-refractivity contribution is 9.10. The van der Waals surface area contributed by atoms with Crippen molar-refractivity contribution >= 4 is 51.0 Å². The third-order valence-corrected chi connectivity index (χ3v) is 6.88. The Balaban J connectivity index is 2.32. The van der Waals surface area contributed by atoms with Crippen molar-refractivity contribution in [3.8, 4) is 5.75 Å². The maximum Gasteiger partial charge on any atom is 0.340 e. The molecule has 0 radical (unpaired) electrons. The van der Waals surface area contributed by atoms with Crippen molar-refractivity contribution in [3.63, 3.8) is 0 Å². The molecular formula is C29H29BrClF2N3O5. The Kier molecular flexibility index (Phi) is 9.98. The van der Waals surface area contributed by atoms with Gasteiger partial charge in [0.2, 0.25) is 5.91 Å². The zero-order valence-corrected chi connectivity index (χ0v) is 25.3. The molecule has 0 heterocycles. The maximum absolute atomic E-state index is 15.6. The number of nitrogens with zero attached hydrogens (tertiary/aromatic N) is 1. The minimum Gasteiger partial charge on any atom is -0.497 e. The van der Waals surface area contributed by atoms with Gasteiger partial charge in [-0.05, 0) is 78.7 Å². The van der Waals surface area contributed by atoms with Crippen LogP contribution in [0, 0.1) is 11.6 Å². The second-order valence-electron chi connectivity index (χ2n) is 10.1. The number of anilines is 1. The zero-order chi connectivity index (χ0) is 30.6. The number of benzene rings is 3. The summed E-state index contributed by atoms with van der Waals surface area (Å²) in [7, 11) is 2.59. The summed E-state index contributed by atoms with van der Waals surface area (Å²) in [5.74, 6) is -3.93. The molecule has 0 aliphatic carbocycles. The smallest absolute Gasteiger partial charge is 0.340 e. The average molecular weight is 653 g/mol. The molecule has 0 saturated heterocycles. The van der Waals surface area contributed by atoms with Gasteiger partial charge >= 0.3 is 5.97 Å². The van der Waals surface area contributed by atoms with E-state index in [1.54, 1.807) is 45.0 Å². The van der Waals surface area contributed by atoms with E-state index in [2.05, 4.69) is 21.2 Å². The first-order valence-electron chi connectivity index (χ1n) is 12.2. The highest BCUT2D eigenvalue weighted by Crippen LogP contribution is 2.36. The number of halogens is 4. The van der Waals surface area contributed by atoms with Crippen LogP contribution >= 0.6 is 27.5 Å². The van der Waals surface area contributed by atoms with Gasteiger partial charge in [0, 0.05) is 22.7 Å². The van der Waals surface area contributed by atoms with E-state index in [-0.39, 0.29) is 27.2 Å². The highest BCUT2D eigenvalue weighted by atomic mass is 79.9. The van der Waals surface area contributed by atoms with Crippen molar-refractivity contribution in [3.05, 3.63) is 91.9 Å². The molecule has 3 rings (SSSR count). The first kappa shape index (κ1) is 31.8. The fourth-order valence-corrected chi connectivity index (χ4v) is 4.74. The molecule has 8 nitrogen and oxygen atoms in total. The number of carbonyl (C=O) groups excluding carboxylic acids is 3. The van der Waals surface area contributed by atoms with E-state index in [9.17, 15) is 18.8 Å². The van der Waals surface area contributed by atoms with Crippen LogP contribution in [-0.4, -0.2) is 42.4 Å². The Bertz CT molecular complexity index is 1480. The predicted molar refractivity (Wildman–Crippen MR) is 155 cm³/mol. The van der Waals surface area contributed by atoms with E-state index in [0.717, 1.165) is 30.2 Å². The predicted octanol–water partition coefficient (Wildman–Crippen LogP) is 6.06. The van der Waals surface area contributed by atoms with E-state index < -0.39 is 52.2 Å². The lowest BCUT2D eigenvalue weighted by Crippen LogP contribution is -2.49. The Morgan fingerprint density at radius 2 is 1.71 bits per heavy atom. The van der Waals surface area contributed by atoms with Gasteiger partial charge in [0.15, 0.2) is 5.82 Å². The molecule has 0 fully saturated rings. The number of hydrogen-bond donors (Lipinski definition) is 2. The molecule has 3 N–H and O–H groups in total. The molecular weight excluding hydrogens is 624 g/mol. The number of nitrogens with one attached hydrogen (secondary N) is 1. The molecule has 0 aliphatic heterocycles. The van der Waals surface area contributed by atoms with Crippen LogP contribution in [0.25, 0.3) is 0 Å². The van der Waals surface area contributed by atoms with E-state index in [1.165, 1.54) is 13.2 Å². The number of methoxy groups -OCH3 is 2. The summed E-state index contributed by atoms with van der Waals surface area (Å²) < 4.78 is 39.8. The van der Waals surface area contributed by atoms with Crippen LogP contribution in [0.5, 0.6) is 5.75 Å². The molecule has 12 heteroatoms. The third kappa shape index (κ3) is 7.34. The lowest BCUT2D eigenvalue weighted by Gasteiger charge is -2.34. The summed E-state index contributed by atoms with van der Waals surface area (Å²) in [5.41, 5.74) is 4.40. The summed E-state index contributed by atoms with van der Waals surface area (Å²) in [6, 6.07) is 9.50. The Hall–Kier alpha value is -3.70. The monoisotopic (exact) mass is 651 g/mol. The quantitative estimate of drug-likeness (QED) is 0.226. The first-order chi connectivity index (χ1) is 19.2. The number of carbonyl (C=O) groups is 3. The van der Waals surface area contributed by atoms with Gasteiger partial charge in [0.25, 0.3) is 5.91 Å². The molecule has 0 aromatic heterocycles. The van der Waals surface area contributed by atoms with Crippen molar-refractivity contribution in [2.24, 2.45) is 0 Å². The number of nitrogen functional groups attached to an aromatic ring is 1. The van der Waals surface area contributed by atoms with Crippen molar-refractivity contribution in [1.82, 2.24) is 10.2 Å². The van der Waals surface area contributed by atoms with E-state index in [4.69, 9.17) is 26.8 Å². The molecule has 41 heavy (non-hydrogen) atoms. The third-order valence-electron chi connectivity index (χ3n) is 5.96. The molecule has 0 aliphatic rings. The summed E-state index contributed by atoms with van der Waals surface area (Å²) in [6.07, 6.45) is 0. The van der Waals surface area contributed by atoms with E-state index in [0.29, 0.717) is 11.3 Å². The second kappa shape index (κ2) is 12.9. The van der Waals surface area contributed by atoms with E-state index in [1.807, 2.05) is 0 Å². The molecule has 1 unspecified atom stereocenters. The molecule has 0 spiro atoms. The van der Waals surface area contributed by atoms with Crippen LogP contribution < -0.4 is 15.8 Å². The SMILES string of the molecule is COC(=O)c1cc(Br)c(F)c(C(=O)N(Cc2ccc(OC)cc2)C(C(=O)NC(C)(C)C)c2cc(F)ccc2Cl)c1N. The van der Waals surface area contributed by atoms with Gasteiger partial charge < -0.3 is 25.4 Å². The van der Waals surface area contributed by atoms with Gasteiger partial charge in [-0.2, -0.15) is 0 Å². The lowest BCUT2D eigenvalue weighted by atomic mass is 9.98. The van der Waals surface area contributed by atoms with Gasteiger partial charge in [-0.3, -0.25) is 9.59 Å². The number of hydrogen-bond acceptors (Lipinski definition) is 6. The van der Waals surface area contributed by atoms with Crippen LogP contribution in [0.4, 0.5) is 14.5 Å². The molecule has 0 saturated carbocycles. The number of rotatable bonds is 8. The van der Waals surface area contributed by atoms with Crippen molar-refractivity contribution < 1.29 is 32.6 Å². The minimum absolute atomic E-state index is 0.00840. The second-order valence-corrected chi connectivity index (χ2v) is 11.4. The normalized spacial score (nSPS) is 11.9. The summed E-state index contributed by atoms with van der Waals surface area (Å²) >= 11 is 9.48. The van der Waals surface area contributed by atoms with Crippen molar-refractivity contribution in [2.45, 2.75) is 38.9 Å². The minimum atomic E-state index is -1.55. The molecule has 2 amide bonds. The van der Waals surface area contributed by atoms with Crippen LogP contribution in [0.15, 0.2) is 53.0 Å². The molecule has 0 bridgehead atoms. The van der Waals surface area contributed by atoms with Gasteiger partial charge in [0.05, 0.1) is 29.9 Å². The largest absolute Gasteiger partial charge is 0.497 e. The van der Waals surface area contributed by atoms with Gasteiger partial charge in [-0.1, -0.05) is 23.7 Å². The van der Waals surface area contributed by atoms with Crippen LogP contribution in [0.1, 0.15) is 58.7 Å². The average Bonchev–Trinajstić information content (AvgIpc) is 2.91. The number of amides is 2. The number of esters is 1. The molecule has 3 aromatic carbocycles.